The number of hydrogen-bond acceptors (Lipinski definition) is 2. The van der Waals surface area contributed by atoms with Crippen LogP contribution in [0.15, 0.2) is 30.3 Å². The Kier molecular flexibility index (Phi) is 4.19. The van der Waals surface area contributed by atoms with E-state index in [-0.39, 0.29) is 0 Å². The maximum absolute atomic E-state index is 10.3. The van der Waals surface area contributed by atoms with Crippen molar-refractivity contribution in [3.8, 4) is 0 Å². The van der Waals surface area contributed by atoms with Crippen LogP contribution in [0, 0.1) is 5.92 Å². The third kappa shape index (κ3) is 3.55. The predicted octanol–water partition coefficient (Wildman–Crippen LogP) is 3.14. The summed E-state index contributed by atoms with van der Waals surface area (Å²) >= 11 is 0. The third-order valence-corrected chi connectivity index (χ3v) is 3.80. The van der Waals surface area contributed by atoms with Gasteiger partial charge >= 0.3 is 0 Å². The minimum absolute atomic E-state index is 0.292. The van der Waals surface area contributed by atoms with Crippen LogP contribution >= 0.6 is 0 Å². The van der Waals surface area contributed by atoms with E-state index in [0.717, 1.165) is 19.3 Å². The van der Waals surface area contributed by atoms with E-state index in [1.807, 2.05) is 25.1 Å². The fraction of sp³-hybridized carbons (Fsp3) is 0.600. The van der Waals surface area contributed by atoms with Gasteiger partial charge in [-0.05, 0) is 25.3 Å². The van der Waals surface area contributed by atoms with Crippen LogP contribution in [0.1, 0.15) is 38.2 Å². The molecule has 0 saturated heterocycles. The monoisotopic (exact) mass is 234 g/mol. The highest BCUT2D eigenvalue weighted by molar-refractivity contribution is 5.13. The second kappa shape index (κ2) is 5.65. The molecule has 1 aromatic carbocycles. The van der Waals surface area contributed by atoms with Crippen LogP contribution in [0.25, 0.3) is 0 Å². The first kappa shape index (κ1) is 12.6. The van der Waals surface area contributed by atoms with E-state index < -0.39 is 5.60 Å². The molecule has 2 heteroatoms. The van der Waals surface area contributed by atoms with Gasteiger partial charge in [0.25, 0.3) is 0 Å². The van der Waals surface area contributed by atoms with E-state index in [1.54, 1.807) is 0 Å². The van der Waals surface area contributed by atoms with Crippen LogP contribution in [0.5, 0.6) is 0 Å². The van der Waals surface area contributed by atoms with Gasteiger partial charge in [-0.3, -0.25) is 0 Å². The van der Waals surface area contributed by atoms with E-state index in [1.165, 1.54) is 12.0 Å². The third-order valence-electron chi connectivity index (χ3n) is 3.80. The lowest BCUT2D eigenvalue weighted by atomic mass is 9.77. The van der Waals surface area contributed by atoms with Crippen molar-refractivity contribution in [1.82, 2.24) is 0 Å². The molecule has 0 aliphatic heterocycles. The molecule has 0 amide bonds. The summed E-state index contributed by atoms with van der Waals surface area (Å²) in [4.78, 5) is 0. The average Bonchev–Trinajstić information content (AvgIpc) is 2.32. The molecule has 1 fully saturated rings. The molecule has 0 radical (unpaired) electrons. The molecule has 1 aromatic rings. The van der Waals surface area contributed by atoms with Gasteiger partial charge in [-0.15, -0.1) is 0 Å². The zero-order valence-corrected chi connectivity index (χ0v) is 10.6. The molecular weight excluding hydrogens is 212 g/mol. The summed E-state index contributed by atoms with van der Waals surface area (Å²) in [6.07, 6.45) is 4.35. The Labute approximate surface area is 104 Å². The van der Waals surface area contributed by atoms with Gasteiger partial charge in [0.05, 0.1) is 18.8 Å². The van der Waals surface area contributed by atoms with Crippen LogP contribution in [-0.2, 0) is 11.3 Å². The highest BCUT2D eigenvalue weighted by Crippen LogP contribution is 2.33. The molecule has 2 unspecified atom stereocenters. The molecule has 1 N–H and O–H groups in total. The maximum atomic E-state index is 10.3. The smallest absolute Gasteiger partial charge is 0.0717 e. The van der Waals surface area contributed by atoms with Gasteiger partial charge in [-0.2, -0.15) is 0 Å². The number of ether oxygens (including phenoxy) is 1. The molecule has 2 nitrogen and oxygen atoms in total. The Morgan fingerprint density at radius 3 is 2.76 bits per heavy atom. The fourth-order valence-corrected chi connectivity index (χ4v) is 2.54. The molecule has 0 heterocycles. The molecule has 0 spiro atoms. The van der Waals surface area contributed by atoms with Gasteiger partial charge in [0.2, 0.25) is 0 Å². The molecular formula is C15H22O2. The van der Waals surface area contributed by atoms with Crippen LogP contribution in [0.2, 0.25) is 0 Å². The van der Waals surface area contributed by atoms with Crippen molar-refractivity contribution in [2.24, 2.45) is 5.92 Å². The summed E-state index contributed by atoms with van der Waals surface area (Å²) in [5.74, 6) is 0.292. The zero-order chi connectivity index (χ0) is 12.1. The van der Waals surface area contributed by atoms with Gasteiger partial charge in [0.1, 0.15) is 0 Å². The molecule has 1 aliphatic rings. The molecule has 0 bridgehead atoms. The van der Waals surface area contributed by atoms with E-state index in [9.17, 15) is 5.11 Å². The van der Waals surface area contributed by atoms with Crippen molar-refractivity contribution in [2.45, 2.75) is 44.8 Å². The highest BCUT2D eigenvalue weighted by Gasteiger charge is 2.34. The van der Waals surface area contributed by atoms with Gasteiger partial charge in [-0.1, -0.05) is 43.2 Å². The predicted molar refractivity (Wildman–Crippen MR) is 68.7 cm³/mol. The summed E-state index contributed by atoms with van der Waals surface area (Å²) < 4.78 is 5.73. The number of aliphatic hydroxyl groups is 1. The molecule has 17 heavy (non-hydrogen) atoms. The minimum atomic E-state index is -0.533. The van der Waals surface area contributed by atoms with Crippen LogP contribution in [0.4, 0.5) is 0 Å². The fourth-order valence-electron chi connectivity index (χ4n) is 2.54. The quantitative estimate of drug-likeness (QED) is 0.867. The van der Waals surface area contributed by atoms with Gasteiger partial charge < -0.3 is 9.84 Å². The van der Waals surface area contributed by atoms with Crippen LogP contribution in [0.3, 0.4) is 0 Å². The van der Waals surface area contributed by atoms with Crippen LogP contribution in [-0.4, -0.2) is 17.3 Å². The highest BCUT2D eigenvalue weighted by atomic mass is 16.5. The standard InChI is InChI=1S/C15H22O2/c1-15(16)10-6-5-9-14(15)12-17-11-13-7-3-2-4-8-13/h2-4,7-8,14,16H,5-6,9-12H2,1H3. The Balaban J connectivity index is 1.78. The summed E-state index contributed by atoms with van der Waals surface area (Å²) in [5.41, 5.74) is 0.664. The Morgan fingerprint density at radius 2 is 2.06 bits per heavy atom. The number of benzene rings is 1. The normalized spacial score (nSPS) is 29.2. The van der Waals surface area contributed by atoms with Gasteiger partial charge in [-0.25, -0.2) is 0 Å². The van der Waals surface area contributed by atoms with Crippen molar-refractivity contribution >= 4 is 0 Å². The zero-order valence-electron chi connectivity index (χ0n) is 10.6. The Hall–Kier alpha value is -0.860. The van der Waals surface area contributed by atoms with Gasteiger partial charge in [0, 0.05) is 5.92 Å². The molecule has 2 atom stereocenters. The van der Waals surface area contributed by atoms with Crippen molar-refractivity contribution in [3.05, 3.63) is 35.9 Å². The maximum Gasteiger partial charge on any atom is 0.0717 e. The van der Waals surface area contributed by atoms with Crippen LogP contribution < -0.4 is 0 Å². The van der Waals surface area contributed by atoms with E-state index >= 15 is 0 Å². The van der Waals surface area contributed by atoms with E-state index in [0.29, 0.717) is 19.1 Å². The number of hydrogen-bond donors (Lipinski definition) is 1. The second-order valence-corrected chi connectivity index (χ2v) is 5.30. The Morgan fingerprint density at radius 1 is 1.29 bits per heavy atom. The van der Waals surface area contributed by atoms with Crippen molar-refractivity contribution in [3.63, 3.8) is 0 Å². The molecule has 1 saturated carbocycles. The molecule has 0 aromatic heterocycles. The molecule has 2 rings (SSSR count). The lowest BCUT2D eigenvalue weighted by Crippen LogP contribution is -2.40. The molecule has 1 aliphatic carbocycles. The first-order valence-corrected chi connectivity index (χ1v) is 6.52. The lowest BCUT2D eigenvalue weighted by Gasteiger charge is -2.36. The van der Waals surface area contributed by atoms with E-state index in [4.69, 9.17) is 4.74 Å². The Bertz CT molecular complexity index is 332. The van der Waals surface area contributed by atoms with E-state index in [2.05, 4.69) is 12.1 Å². The number of rotatable bonds is 4. The lowest BCUT2D eigenvalue weighted by molar-refractivity contribution is -0.0692. The summed E-state index contributed by atoms with van der Waals surface area (Å²) in [6, 6.07) is 10.2. The van der Waals surface area contributed by atoms with Gasteiger partial charge in [0.15, 0.2) is 0 Å². The SMILES string of the molecule is CC1(O)CCCCC1COCc1ccccc1. The summed E-state index contributed by atoms with van der Waals surface area (Å²) in [6.45, 7) is 3.26. The van der Waals surface area contributed by atoms with Crippen molar-refractivity contribution in [1.29, 1.82) is 0 Å². The second-order valence-electron chi connectivity index (χ2n) is 5.30. The van der Waals surface area contributed by atoms with Crippen molar-refractivity contribution < 1.29 is 9.84 Å². The first-order valence-electron chi connectivity index (χ1n) is 6.52. The minimum Gasteiger partial charge on any atom is -0.390 e. The topological polar surface area (TPSA) is 29.5 Å². The largest absolute Gasteiger partial charge is 0.390 e. The first-order chi connectivity index (χ1) is 8.18. The summed E-state index contributed by atoms with van der Waals surface area (Å²) in [7, 11) is 0. The summed E-state index contributed by atoms with van der Waals surface area (Å²) in [5, 5.41) is 10.3. The van der Waals surface area contributed by atoms with Crippen molar-refractivity contribution in [2.75, 3.05) is 6.61 Å². The molecule has 94 valence electrons. The average molecular weight is 234 g/mol.